The number of nitrogens with zero attached hydrogens (tertiary/aromatic N) is 2. The average molecular weight is 392 g/mol. The Bertz CT molecular complexity index is 824. The van der Waals surface area contributed by atoms with E-state index in [1.54, 1.807) is 7.11 Å². The van der Waals surface area contributed by atoms with Crippen LogP contribution in [0.4, 0.5) is 0 Å². The van der Waals surface area contributed by atoms with Crippen molar-refractivity contribution in [3.8, 4) is 5.75 Å². The van der Waals surface area contributed by atoms with Crippen molar-refractivity contribution < 1.29 is 13.2 Å². The Balaban J connectivity index is 1.60. The smallest absolute Gasteiger partial charge is 0.211 e. The third-order valence-electron chi connectivity index (χ3n) is 5.22. The van der Waals surface area contributed by atoms with Crippen molar-refractivity contribution in [2.45, 2.75) is 25.3 Å². The molecule has 148 valence electrons. The van der Waals surface area contributed by atoms with Crippen LogP contribution in [-0.4, -0.2) is 50.4 Å². The van der Waals surface area contributed by atoms with Gasteiger partial charge in [0.15, 0.2) is 0 Å². The molecule has 0 aliphatic carbocycles. The monoisotopic (exact) mass is 391 g/mol. The summed E-state index contributed by atoms with van der Waals surface area (Å²) < 4.78 is 35.1. The van der Waals surface area contributed by atoms with Gasteiger partial charge < -0.3 is 9.30 Å². The second-order valence-electron chi connectivity index (χ2n) is 7.07. The lowest BCUT2D eigenvalue weighted by atomic mass is 10.2. The normalized spacial score (nSPS) is 16.5. The molecule has 0 amide bonds. The maximum atomic E-state index is 12.5. The van der Waals surface area contributed by atoms with Crippen LogP contribution < -0.4 is 9.46 Å². The summed E-state index contributed by atoms with van der Waals surface area (Å²) in [6.07, 6.45) is 4.84. The predicted octanol–water partition coefficient (Wildman–Crippen LogP) is 2.33. The quantitative estimate of drug-likeness (QED) is 0.713. The summed E-state index contributed by atoms with van der Waals surface area (Å²) in [7, 11) is 0.287. The molecule has 1 fully saturated rings. The van der Waals surface area contributed by atoms with Gasteiger partial charge in [-0.15, -0.1) is 0 Å². The fourth-order valence-electron chi connectivity index (χ4n) is 3.62. The Hall–Kier alpha value is -1.83. The third-order valence-corrected chi connectivity index (χ3v) is 6.57. The molecule has 1 aromatic heterocycles. The van der Waals surface area contributed by atoms with E-state index >= 15 is 0 Å². The molecular weight excluding hydrogens is 362 g/mol. The Morgan fingerprint density at radius 3 is 2.44 bits per heavy atom. The molecule has 6 nitrogen and oxygen atoms in total. The van der Waals surface area contributed by atoms with Crippen molar-refractivity contribution in [1.29, 1.82) is 0 Å². The summed E-state index contributed by atoms with van der Waals surface area (Å²) in [6.45, 7) is 2.44. The molecule has 0 radical (unpaired) electrons. The van der Waals surface area contributed by atoms with Crippen molar-refractivity contribution in [3.05, 3.63) is 53.9 Å². The first-order chi connectivity index (χ1) is 13.0. The molecule has 1 aromatic carbocycles. The fraction of sp³-hybridized carbons (Fsp3) is 0.500. The zero-order chi connectivity index (χ0) is 19.3. The number of nitrogens with one attached hydrogen (secondary N) is 1. The molecule has 1 N–H and O–H groups in total. The molecule has 1 saturated heterocycles. The van der Waals surface area contributed by atoms with Gasteiger partial charge in [0, 0.05) is 25.5 Å². The number of benzene rings is 1. The zero-order valence-corrected chi connectivity index (χ0v) is 16.9. The summed E-state index contributed by atoms with van der Waals surface area (Å²) in [6, 6.07) is 11.7. The maximum Gasteiger partial charge on any atom is 0.211 e. The number of hydrogen-bond acceptors (Lipinski definition) is 4. The van der Waals surface area contributed by atoms with Crippen molar-refractivity contribution >= 4 is 10.0 Å². The number of likely N-dealkylation sites (tertiary alicyclic amines) is 1. The molecule has 0 bridgehead atoms. The molecule has 27 heavy (non-hydrogen) atoms. The van der Waals surface area contributed by atoms with Gasteiger partial charge in [-0.3, -0.25) is 4.90 Å². The zero-order valence-electron chi connectivity index (χ0n) is 16.1. The minimum Gasteiger partial charge on any atom is -0.497 e. The average Bonchev–Trinajstić information content (AvgIpc) is 3.34. The molecule has 7 heteroatoms. The number of methoxy groups -OCH3 is 1. The minimum absolute atomic E-state index is 0.0725. The molecule has 2 aromatic rings. The van der Waals surface area contributed by atoms with Crippen LogP contribution in [0, 0.1) is 0 Å². The molecule has 1 aliphatic rings. The highest BCUT2D eigenvalue weighted by atomic mass is 32.2. The van der Waals surface area contributed by atoms with Gasteiger partial charge in [-0.1, -0.05) is 12.1 Å². The van der Waals surface area contributed by atoms with Crippen molar-refractivity contribution in [2.75, 3.05) is 32.5 Å². The van der Waals surface area contributed by atoms with Gasteiger partial charge in [0.25, 0.3) is 0 Å². The number of hydrogen-bond donors (Lipinski definition) is 1. The highest BCUT2D eigenvalue weighted by Gasteiger charge is 2.26. The number of ether oxygens (including phenoxy) is 1. The molecule has 0 unspecified atom stereocenters. The summed E-state index contributed by atoms with van der Waals surface area (Å²) in [5.74, 6) is 0.856. The van der Waals surface area contributed by atoms with Gasteiger partial charge in [0.1, 0.15) is 5.75 Å². The molecular formula is C20H29N3O3S. The van der Waals surface area contributed by atoms with Crippen molar-refractivity contribution in [1.82, 2.24) is 14.2 Å². The highest BCUT2D eigenvalue weighted by Crippen LogP contribution is 2.25. The van der Waals surface area contributed by atoms with Crippen LogP contribution in [0.25, 0.3) is 0 Å². The fourth-order valence-corrected chi connectivity index (χ4v) is 4.68. The number of aryl methyl sites for hydroxylation is 2. The second-order valence-corrected chi connectivity index (χ2v) is 8.99. The number of aromatic nitrogens is 1. The molecule has 3 rings (SSSR count). The van der Waals surface area contributed by atoms with Crippen molar-refractivity contribution in [2.24, 2.45) is 7.05 Å². The number of rotatable bonds is 9. The largest absolute Gasteiger partial charge is 0.497 e. The Labute approximate surface area is 162 Å². The summed E-state index contributed by atoms with van der Waals surface area (Å²) >= 11 is 0. The van der Waals surface area contributed by atoms with E-state index in [1.165, 1.54) is 12.8 Å². The first-order valence-electron chi connectivity index (χ1n) is 9.44. The van der Waals surface area contributed by atoms with Crippen LogP contribution in [0.5, 0.6) is 5.75 Å². The van der Waals surface area contributed by atoms with E-state index < -0.39 is 10.0 Å². The molecule has 1 atom stereocenters. The van der Waals surface area contributed by atoms with Crippen LogP contribution in [0.1, 0.15) is 30.1 Å². The van der Waals surface area contributed by atoms with Gasteiger partial charge in [-0.25, -0.2) is 13.1 Å². The van der Waals surface area contributed by atoms with Gasteiger partial charge in [0.05, 0.1) is 18.9 Å². The SMILES string of the molecule is COc1ccc(CCS(=O)(=O)NC[C@H](c2cccn2C)N2CCCC2)cc1. The van der Waals surface area contributed by atoms with Gasteiger partial charge in [0.2, 0.25) is 10.0 Å². The van der Waals surface area contributed by atoms with Gasteiger partial charge in [-0.2, -0.15) is 0 Å². The predicted molar refractivity (Wildman–Crippen MR) is 107 cm³/mol. The summed E-state index contributed by atoms with van der Waals surface area (Å²) in [4.78, 5) is 2.38. The lowest BCUT2D eigenvalue weighted by molar-refractivity contribution is 0.238. The first kappa shape index (κ1) is 19.9. The molecule has 0 saturated carbocycles. The highest BCUT2D eigenvalue weighted by molar-refractivity contribution is 7.89. The van der Waals surface area contributed by atoms with Gasteiger partial charge in [-0.05, 0) is 62.2 Å². The first-order valence-corrected chi connectivity index (χ1v) is 11.1. The van der Waals surface area contributed by atoms with E-state index in [2.05, 4.69) is 20.3 Å². The molecule has 0 spiro atoms. The van der Waals surface area contributed by atoms with E-state index in [4.69, 9.17) is 4.74 Å². The van der Waals surface area contributed by atoms with E-state index in [0.29, 0.717) is 13.0 Å². The van der Waals surface area contributed by atoms with Crippen LogP contribution >= 0.6 is 0 Å². The van der Waals surface area contributed by atoms with E-state index in [-0.39, 0.29) is 11.8 Å². The maximum absolute atomic E-state index is 12.5. The Morgan fingerprint density at radius 1 is 1.15 bits per heavy atom. The Kier molecular flexibility index (Phi) is 6.57. The number of sulfonamides is 1. The summed E-state index contributed by atoms with van der Waals surface area (Å²) in [5.41, 5.74) is 2.13. The van der Waals surface area contributed by atoms with Crippen LogP contribution in [0.3, 0.4) is 0 Å². The van der Waals surface area contributed by atoms with E-state index in [0.717, 1.165) is 30.1 Å². The van der Waals surface area contributed by atoms with Crippen LogP contribution in [0.15, 0.2) is 42.6 Å². The topological polar surface area (TPSA) is 63.6 Å². The Morgan fingerprint density at radius 2 is 1.85 bits per heavy atom. The van der Waals surface area contributed by atoms with Crippen molar-refractivity contribution in [3.63, 3.8) is 0 Å². The summed E-state index contributed by atoms with van der Waals surface area (Å²) in [5, 5.41) is 0. The lowest BCUT2D eigenvalue weighted by Crippen LogP contribution is -2.38. The van der Waals surface area contributed by atoms with E-state index in [1.807, 2.05) is 43.6 Å². The molecule has 2 heterocycles. The molecule has 1 aliphatic heterocycles. The van der Waals surface area contributed by atoms with Gasteiger partial charge >= 0.3 is 0 Å². The second kappa shape index (κ2) is 8.91. The third kappa shape index (κ3) is 5.34. The standard InChI is InChI=1S/C20H29N3O3S/c1-22-12-5-6-19(22)20(23-13-3-4-14-23)16-21-27(24,25)15-11-17-7-9-18(26-2)10-8-17/h5-10,12,20-21H,3-4,11,13-16H2,1-2H3/t20-/m1/s1. The van der Waals surface area contributed by atoms with Crippen LogP contribution in [-0.2, 0) is 23.5 Å². The lowest BCUT2D eigenvalue weighted by Gasteiger charge is -2.28. The van der Waals surface area contributed by atoms with Crippen LogP contribution in [0.2, 0.25) is 0 Å². The minimum atomic E-state index is -3.34. The van der Waals surface area contributed by atoms with E-state index in [9.17, 15) is 8.42 Å².